The predicted molar refractivity (Wildman–Crippen MR) is 69.4 cm³/mol. The van der Waals surface area contributed by atoms with Gasteiger partial charge in [0.25, 0.3) is 0 Å². The van der Waals surface area contributed by atoms with Gasteiger partial charge in [-0.15, -0.1) is 17.0 Å². The number of amidine groups is 1. The van der Waals surface area contributed by atoms with Crippen LogP contribution in [-0.2, 0) is 0 Å². The molecule has 0 fully saturated rings. The van der Waals surface area contributed by atoms with Gasteiger partial charge in [-0.1, -0.05) is 42.1 Å². The second kappa shape index (κ2) is 7.30. The Balaban J connectivity index is 0.00000196. The number of thioether (sulfide) groups is 1. The first-order chi connectivity index (χ1) is 6.74. The zero-order valence-corrected chi connectivity index (χ0v) is 10.5. The molecule has 82 valence electrons. The Labute approximate surface area is 103 Å². The van der Waals surface area contributed by atoms with Crippen LogP contribution in [0.3, 0.4) is 0 Å². The minimum Gasteiger partial charge on any atom is -0.377 e. The number of hydrogen-bond donors (Lipinski definition) is 2. The Morgan fingerprint density at radius 3 is 2.47 bits per heavy atom. The second-order valence-corrected chi connectivity index (χ2v) is 3.54. The monoisotopic (exact) mass is 289 g/mol. The number of benzene rings is 1. The fourth-order valence-corrected chi connectivity index (χ4v) is 1.40. The summed E-state index contributed by atoms with van der Waals surface area (Å²) in [6, 6.07) is 9.02. The van der Waals surface area contributed by atoms with Gasteiger partial charge in [0.05, 0.1) is 5.75 Å². The van der Waals surface area contributed by atoms with Crippen LogP contribution in [0.2, 0.25) is 0 Å². The van der Waals surface area contributed by atoms with Gasteiger partial charge in [-0.2, -0.15) is 5.10 Å². The number of hydrazone groups is 1. The molecular formula is C9H12BrN3OS. The SMILES string of the molecule is Br.N/N=C(\N)SCC(=O)c1ccccc1. The minimum absolute atomic E-state index is 0. The number of carbonyl (C=O) groups excluding carboxylic acids is 1. The molecule has 0 amide bonds. The van der Waals surface area contributed by atoms with Crippen molar-refractivity contribution < 1.29 is 4.79 Å². The van der Waals surface area contributed by atoms with Crippen LogP contribution in [0.4, 0.5) is 0 Å². The highest BCUT2D eigenvalue weighted by Crippen LogP contribution is 2.06. The Kier molecular flexibility index (Phi) is 6.81. The molecule has 6 heteroatoms. The number of nitrogens with zero attached hydrogens (tertiary/aromatic N) is 1. The maximum atomic E-state index is 11.5. The van der Waals surface area contributed by atoms with E-state index in [0.29, 0.717) is 5.56 Å². The lowest BCUT2D eigenvalue weighted by atomic mass is 10.2. The Bertz CT molecular complexity index is 342. The van der Waals surface area contributed by atoms with Crippen LogP contribution in [0.25, 0.3) is 0 Å². The summed E-state index contributed by atoms with van der Waals surface area (Å²) in [5.41, 5.74) is 6.01. The van der Waals surface area contributed by atoms with Gasteiger partial charge in [0, 0.05) is 5.56 Å². The molecule has 0 aliphatic carbocycles. The van der Waals surface area contributed by atoms with E-state index < -0.39 is 0 Å². The van der Waals surface area contributed by atoms with Crippen molar-refractivity contribution in [3.05, 3.63) is 35.9 Å². The molecule has 1 aromatic carbocycles. The van der Waals surface area contributed by atoms with Crippen molar-refractivity contribution in [1.82, 2.24) is 0 Å². The largest absolute Gasteiger partial charge is 0.377 e. The molecule has 4 nitrogen and oxygen atoms in total. The summed E-state index contributed by atoms with van der Waals surface area (Å²) in [4.78, 5) is 11.5. The van der Waals surface area contributed by atoms with Crippen molar-refractivity contribution in [3.8, 4) is 0 Å². The van der Waals surface area contributed by atoms with Crippen molar-refractivity contribution in [2.75, 3.05) is 5.75 Å². The number of nitrogens with two attached hydrogens (primary N) is 2. The maximum absolute atomic E-state index is 11.5. The average Bonchev–Trinajstić information content (AvgIpc) is 2.26. The lowest BCUT2D eigenvalue weighted by Crippen LogP contribution is -2.13. The van der Waals surface area contributed by atoms with Crippen LogP contribution >= 0.6 is 28.7 Å². The molecule has 0 atom stereocenters. The van der Waals surface area contributed by atoms with Gasteiger partial charge in [-0.25, -0.2) is 0 Å². The molecule has 0 radical (unpaired) electrons. The van der Waals surface area contributed by atoms with Gasteiger partial charge in [-0.3, -0.25) is 4.79 Å². The Morgan fingerprint density at radius 2 is 1.93 bits per heavy atom. The Hall–Kier alpha value is -1.01. The van der Waals surface area contributed by atoms with Gasteiger partial charge in [-0.05, 0) is 0 Å². The van der Waals surface area contributed by atoms with Crippen molar-refractivity contribution in [2.45, 2.75) is 0 Å². The van der Waals surface area contributed by atoms with E-state index in [-0.39, 0.29) is 33.7 Å². The summed E-state index contributed by atoms with van der Waals surface area (Å²) in [6.07, 6.45) is 0. The Morgan fingerprint density at radius 1 is 1.33 bits per heavy atom. The molecule has 15 heavy (non-hydrogen) atoms. The zero-order chi connectivity index (χ0) is 10.4. The molecule has 0 saturated heterocycles. The molecule has 4 N–H and O–H groups in total. The van der Waals surface area contributed by atoms with Crippen LogP contribution < -0.4 is 11.6 Å². The van der Waals surface area contributed by atoms with E-state index >= 15 is 0 Å². The molecule has 0 bridgehead atoms. The van der Waals surface area contributed by atoms with Crippen molar-refractivity contribution in [2.24, 2.45) is 16.7 Å². The predicted octanol–water partition coefficient (Wildman–Crippen LogP) is 1.37. The van der Waals surface area contributed by atoms with Gasteiger partial charge < -0.3 is 11.6 Å². The smallest absolute Gasteiger partial charge is 0.177 e. The summed E-state index contributed by atoms with van der Waals surface area (Å²) in [5, 5.41) is 3.48. The summed E-state index contributed by atoms with van der Waals surface area (Å²) in [6.45, 7) is 0. The molecule has 0 saturated carbocycles. The quantitative estimate of drug-likeness (QED) is 0.289. The molecular weight excluding hydrogens is 278 g/mol. The van der Waals surface area contributed by atoms with E-state index in [0.717, 1.165) is 11.8 Å². The summed E-state index contributed by atoms with van der Waals surface area (Å²) in [7, 11) is 0. The van der Waals surface area contributed by atoms with Crippen LogP contribution in [0, 0.1) is 0 Å². The van der Waals surface area contributed by atoms with Crippen molar-refractivity contribution in [3.63, 3.8) is 0 Å². The molecule has 0 aliphatic rings. The van der Waals surface area contributed by atoms with Crippen LogP contribution in [0.15, 0.2) is 35.4 Å². The van der Waals surface area contributed by atoms with Crippen molar-refractivity contribution >= 4 is 39.7 Å². The van der Waals surface area contributed by atoms with E-state index in [9.17, 15) is 4.79 Å². The van der Waals surface area contributed by atoms with Gasteiger partial charge in [0.2, 0.25) is 0 Å². The highest BCUT2D eigenvalue weighted by Gasteiger charge is 2.05. The first-order valence-electron chi connectivity index (χ1n) is 3.98. The molecule has 0 aromatic heterocycles. The van der Waals surface area contributed by atoms with Crippen molar-refractivity contribution in [1.29, 1.82) is 0 Å². The molecule has 0 spiro atoms. The van der Waals surface area contributed by atoms with Gasteiger partial charge >= 0.3 is 0 Å². The van der Waals surface area contributed by atoms with Gasteiger partial charge in [0.1, 0.15) is 0 Å². The first kappa shape index (κ1) is 14.0. The fraction of sp³-hybridized carbons (Fsp3) is 0.111. The van der Waals surface area contributed by atoms with E-state index in [1.807, 2.05) is 18.2 Å². The third-order valence-electron chi connectivity index (χ3n) is 1.57. The maximum Gasteiger partial charge on any atom is 0.177 e. The summed E-state index contributed by atoms with van der Waals surface area (Å²) < 4.78 is 0. The summed E-state index contributed by atoms with van der Waals surface area (Å²) in [5.74, 6) is 5.20. The third kappa shape index (κ3) is 4.85. The summed E-state index contributed by atoms with van der Waals surface area (Å²) >= 11 is 1.13. The number of ketones is 1. The molecule has 1 aromatic rings. The molecule has 0 aliphatic heterocycles. The standard InChI is InChI=1S/C9H11N3OS.BrH/c10-9(12-11)14-6-8(13)7-4-2-1-3-5-7;/h1-5H,6,11H2,(H2,10,12);1H. The second-order valence-electron chi connectivity index (χ2n) is 2.55. The number of Topliss-reactive ketones (excluding diaryl/α,β-unsaturated/α-hetero) is 1. The number of carbonyl (C=O) groups is 1. The molecule has 0 unspecified atom stereocenters. The van der Waals surface area contributed by atoms with Crippen LogP contribution in [0.5, 0.6) is 0 Å². The lowest BCUT2D eigenvalue weighted by molar-refractivity contribution is 0.102. The number of hydrogen-bond acceptors (Lipinski definition) is 4. The van der Waals surface area contributed by atoms with Crippen LogP contribution in [-0.4, -0.2) is 16.7 Å². The topological polar surface area (TPSA) is 81.5 Å². The highest BCUT2D eigenvalue weighted by molar-refractivity contribution is 8.93. The fourth-order valence-electron chi connectivity index (χ4n) is 0.884. The average molecular weight is 290 g/mol. The minimum atomic E-state index is 0. The van der Waals surface area contributed by atoms with Gasteiger partial charge in [0.15, 0.2) is 11.0 Å². The zero-order valence-electron chi connectivity index (χ0n) is 7.92. The van der Waals surface area contributed by atoms with E-state index in [1.165, 1.54) is 0 Å². The van der Waals surface area contributed by atoms with E-state index in [1.54, 1.807) is 12.1 Å². The number of rotatable bonds is 3. The lowest BCUT2D eigenvalue weighted by Gasteiger charge is -1.99. The van der Waals surface area contributed by atoms with E-state index in [2.05, 4.69) is 5.10 Å². The van der Waals surface area contributed by atoms with E-state index in [4.69, 9.17) is 11.6 Å². The highest BCUT2D eigenvalue weighted by atomic mass is 79.9. The normalized spacial score (nSPS) is 10.5. The first-order valence-corrected chi connectivity index (χ1v) is 4.97. The number of halogens is 1. The third-order valence-corrected chi connectivity index (χ3v) is 2.38. The molecule has 1 rings (SSSR count). The molecule has 0 heterocycles. The van der Waals surface area contributed by atoms with Crippen LogP contribution in [0.1, 0.15) is 10.4 Å².